The standard InChI is InChI=1S/C5H4O/c1-3-4-5(2)6/h1-2H2. The maximum absolute atomic E-state index is 9.72. The Bertz CT molecular complexity index is 96.5. The predicted octanol–water partition coefficient (Wildman–Crippen LogP) is 0.00469. The van der Waals surface area contributed by atoms with Crippen LogP contribution in [0.15, 0.2) is 24.6 Å². The van der Waals surface area contributed by atoms with Crippen LogP contribution in [0.1, 0.15) is 0 Å². The van der Waals surface area contributed by atoms with Gasteiger partial charge in [-0.25, -0.2) is 0 Å². The van der Waals surface area contributed by atoms with Crippen molar-refractivity contribution in [2.75, 3.05) is 0 Å². The van der Waals surface area contributed by atoms with Gasteiger partial charge in [0.15, 0.2) is 0 Å². The fraction of sp³-hybridized carbons (Fsp3) is 0. The third-order valence-corrected chi connectivity index (χ3v) is 0.228. The summed E-state index contributed by atoms with van der Waals surface area (Å²) in [7, 11) is 0. The number of hydrogen-bond acceptors (Lipinski definition) is 1. The van der Waals surface area contributed by atoms with Gasteiger partial charge in [-0.3, -0.25) is 0 Å². The van der Waals surface area contributed by atoms with E-state index in [0.29, 0.717) is 0 Å². The summed E-state index contributed by atoms with van der Waals surface area (Å²) in [5.74, 6) is -0.384. The molecule has 0 aromatic carbocycles. The second kappa shape index (κ2) is 2.22. The van der Waals surface area contributed by atoms with Gasteiger partial charge in [-0.1, -0.05) is 0 Å². The molecule has 0 aromatic heterocycles. The summed E-state index contributed by atoms with van der Waals surface area (Å²) in [5.41, 5.74) is 2.16. The van der Waals surface area contributed by atoms with Crippen molar-refractivity contribution in [2.24, 2.45) is 0 Å². The normalized spacial score (nSPS) is 5.33. The number of allylic oxidation sites excluding steroid dienone is 1. The molecule has 0 fully saturated rings. The first-order chi connectivity index (χ1) is 2.77. The van der Waals surface area contributed by atoms with E-state index < -0.39 is 0 Å². The molecule has 0 N–H and O–H groups in total. The van der Waals surface area contributed by atoms with Gasteiger partial charge >= 0.3 is 0 Å². The molecule has 30 valence electrons. The van der Waals surface area contributed by atoms with Gasteiger partial charge in [0.25, 0.3) is 0 Å². The molecule has 0 rings (SSSR count). The number of hydrogen-bond donors (Lipinski definition) is 0. The molecule has 6 heavy (non-hydrogen) atoms. The molecule has 0 aliphatic rings. The lowest BCUT2D eigenvalue weighted by Gasteiger charge is -1.83. The molecule has 0 saturated heterocycles. The molecule has 0 amide bonds. The van der Waals surface area contributed by atoms with Gasteiger partial charge in [0.1, 0.15) is 0 Å². The molecule has 0 atom stereocenters. The predicted molar refractivity (Wildman–Crippen MR) is 21.5 cm³/mol. The summed E-state index contributed by atoms with van der Waals surface area (Å²) < 4.78 is 0. The summed E-state index contributed by atoms with van der Waals surface area (Å²) in [4.78, 5) is 0. The summed E-state index contributed by atoms with van der Waals surface area (Å²) in [6.45, 7) is 6.08. The molecule has 0 radical (unpaired) electrons. The first kappa shape index (κ1) is 4.97. The van der Waals surface area contributed by atoms with Gasteiger partial charge in [-0.05, 0) is 6.58 Å². The van der Waals surface area contributed by atoms with E-state index in [9.17, 15) is 5.11 Å². The van der Waals surface area contributed by atoms with Crippen LogP contribution in [0.3, 0.4) is 0 Å². The van der Waals surface area contributed by atoms with E-state index in [4.69, 9.17) is 0 Å². The Balaban J connectivity index is 3.60. The number of rotatable bonds is 1. The summed E-state index contributed by atoms with van der Waals surface area (Å²) in [6, 6.07) is 0. The molecule has 1 heteroatoms. The van der Waals surface area contributed by atoms with Crippen molar-refractivity contribution in [3.8, 4) is 0 Å². The fourth-order valence-corrected chi connectivity index (χ4v) is 0.0986. The van der Waals surface area contributed by atoms with Crippen LogP contribution in [0.5, 0.6) is 0 Å². The zero-order valence-corrected chi connectivity index (χ0v) is 3.32. The molecular formula is C5H4O. The van der Waals surface area contributed by atoms with Gasteiger partial charge in [0, 0.05) is 6.58 Å². The topological polar surface area (TPSA) is 23.1 Å². The quantitative estimate of drug-likeness (QED) is 0.188. The Kier molecular flexibility index (Phi) is 1.84. The van der Waals surface area contributed by atoms with E-state index in [-0.39, 0.29) is 5.76 Å². The van der Waals surface area contributed by atoms with E-state index in [2.05, 4.69) is 25.0 Å². The molecular weight excluding hydrogens is 76.1 g/mol. The van der Waals surface area contributed by atoms with Crippen molar-refractivity contribution < 1.29 is 5.11 Å². The maximum Gasteiger partial charge on any atom is 0.0846 e. The summed E-state index contributed by atoms with van der Waals surface area (Å²) in [5, 5.41) is 9.72. The molecule has 0 aliphatic heterocycles. The highest BCUT2D eigenvalue weighted by Gasteiger charge is 1.64. The van der Waals surface area contributed by atoms with Crippen molar-refractivity contribution in [1.29, 1.82) is 0 Å². The van der Waals surface area contributed by atoms with Gasteiger partial charge < -0.3 is 5.11 Å². The molecule has 0 bridgehead atoms. The molecule has 1 nitrogen and oxygen atoms in total. The van der Waals surface area contributed by atoms with Crippen LogP contribution in [0.25, 0.3) is 0 Å². The largest absolute Gasteiger partial charge is 0.845 e. The van der Waals surface area contributed by atoms with Gasteiger partial charge in [-0.15, -0.1) is 0 Å². The molecule has 0 aliphatic carbocycles. The lowest BCUT2D eigenvalue weighted by Crippen LogP contribution is -1.95. The van der Waals surface area contributed by atoms with E-state index >= 15 is 0 Å². The van der Waals surface area contributed by atoms with Crippen LogP contribution in [-0.4, -0.2) is 0 Å². The Morgan fingerprint density at radius 2 is 2.33 bits per heavy atom. The van der Waals surface area contributed by atoms with Crippen LogP contribution in [0.2, 0.25) is 0 Å². The van der Waals surface area contributed by atoms with Crippen molar-refractivity contribution in [3.05, 3.63) is 30.7 Å². The average Bonchev–Trinajstić information content (AvgIpc) is 1.35. The highest BCUT2D eigenvalue weighted by molar-refractivity contribution is 4.92. The van der Waals surface area contributed by atoms with Crippen LogP contribution < -0.4 is 5.11 Å². The van der Waals surface area contributed by atoms with Crippen LogP contribution in [0, 0.1) is 6.08 Å². The van der Waals surface area contributed by atoms with Crippen LogP contribution in [-0.2, 0) is 0 Å². The minimum atomic E-state index is -0.384. The smallest absolute Gasteiger partial charge is 0.0846 e. The lowest BCUT2D eigenvalue weighted by molar-refractivity contribution is -0.295. The van der Waals surface area contributed by atoms with E-state index in [1.54, 1.807) is 0 Å². The molecule has 0 heterocycles. The van der Waals surface area contributed by atoms with Crippen molar-refractivity contribution in [2.45, 2.75) is 0 Å². The highest BCUT2D eigenvalue weighted by atomic mass is 16.3. The van der Waals surface area contributed by atoms with Crippen LogP contribution >= 0.6 is 0 Å². The second-order valence-corrected chi connectivity index (χ2v) is 0.725. The van der Waals surface area contributed by atoms with Crippen LogP contribution in [0.4, 0.5) is 0 Å². The fourth-order valence-electron chi connectivity index (χ4n) is 0.0986. The SMILES string of the molecule is C=C=[C+]C(=C)[O-]. The first-order valence-corrected chi connectivity index (χ1v) is 1.41. The minimum Gasteiger partial charge on any atom is -0.845 e. The van der Waals surface area contributed by atoms with E-state index in [0.717, 1.165) is 0 Å². The highest BCUT2D eigenvalue weighted by Crippen LogP contribution is 1.68. The third kappa shape index (κ3) is 2.97. The monoisotopic (exact) mass is 80.0 g/mol. The van der Waals surface area contributed by atoms with Gasteiger partial charge in [0.2, 0.25) is 0 Å². The minimum absolute atomic E-state index is 0.384. The Morgan fingerprint density at radius 3 is 2.33 bits per heavy atom. The molecule has 0 unspecified atom stereocenters. The van der Waals surface area contributed by atoms with E-state index in [1.165, 1.54) is 0 Å². The molecule has 0 saturated carbocycles. The summed E-state index contributed by atoms with van der Waals surface area (Å²) in [6.07, 6.45) is 2.10. The zero-order valence-electron chi connectivity index (χ0n) is 3.32. The van der Waals surface area contributed by atoms with E-state index in [1.807, 2.05) is 0 Å². The maximum atomic E-state index is 9.72. The van der Waals surface area contributed by atoms with Gasteiger partial charge in [0.05, 0.1) is 17.6 Å². The van der Waals surface area contributed by atoms with Crippen molar-refractivity contribution in [1.82, 2.24) is 0 Å². The summed E-state index contributed by atoms with van der Waals surface area (Å²) >= 11 is 0. The van der Waals surface area contributed by atoms with Crippen molar-refractivity contribution >= 4 is 0 Å². The Hall–Kier alpha value is -1.03. The lowest BCUT2D eigenvalue weighted by atomic mass is 10.5. The average molecular weight is 80.1 g/mol. The molecule has 0 aromatic rings. The first-order valence-electron chi connectivity index (χ1n) is 1.41. The Morgan fingerprint density at radius 1 is 1.83 bits per heavy atom. The zero-order chi connectivity index (χ0) is 4.99. The van der Waals surface area contributed by atoms with Gasteiger partial charge in [-0.2, -0.15) is 0 Å². The third-order valence-electron chi connectivity index (χ3n) is 0.228. The van der Waals surface area contributed by atoms with Crippen molar-refractivity contribution in [3.63, 3.8) is 0 Å². The molecule has 0 spiro atoms. The second-order valence-electron chi connectivity index (χ2n) is 0.725. The Labute approximate surface area is 36.9 Å².